The Morgan fingerprint density at radius 3 is 2.85 bits per heavy atom. The number of nitrogens with one attached hydrogen (secondary N) is 1. The van der Waals surface area contributed by atoms with Crippen molar-refractivity contribution < 1.29 is 9.90 Å². The summed E-state index contributed by atoms with van der Waals surface area (Å²) in [7, 11) is 2.14. The minimum Gasteiger partial charge on any atom is -0.478 e. The number of nitrogens with zero attached hydrogens (tertiary/aromatic N) is 2. The highest BCUT2D eigenvalue weighted by molar-refractivity contribution is 5.94. The molecule has 0 spiro atoms. The lowest BCUT2D eigenvalue weighted by Crippen LogP contribution is -2.33. The molecular formula is C15H23N3O2. The Labute approximate surface area is 120 Å². The molecule has 1 fully saturated rings. The first-order valence-corrected chi connectivity index (χ1v) is 7.22. The van der Waals surface area contributed by atoms with E-state index >= 15 is 0 Å². The molecule has 0 aliphatic heterocycles. The van der Waals surface area contributed by atoms with Crippen molar-refractivity contribution in [2.45, 2.75) is 38.6 Å². The molecule has 1 heterocycles. The average molecular weight is 277 g/mol. The number of rotatable bonds is 6. The summed E-state index contributed by atoms with van der Waals surface area (Å²) in [5.74, 6) is -0.459. The molecule has 1 saturated carbocycles. The van der Waals surface area contributed by atoms with Crippen LogP contribution in [-0.2, 0) is 0 Å². The third-order valence-electron chi connectivity index (χ3n) is 4.08. The van der Waals surface area contributed by atoms with E-state index in [-0.39, 0.29) is 5.56 Å². The maximum absolute atomic E-state index is 11.3. The van der Waals surface area contributed by atoms with E-state index in [1.807, 2.05) is 0 Å². The van der Waals surface area contributed by atoms with Crippen LogP contribution in [0, 0.1) is 6.92 Å². The molecule has 5 heteroatoms. The predicted octanol–water partition coefficient (Wildman–Crippen LogP) is 2.37. The van der Waals surface area contributed by atoms with E-state index in [9.17, 15) is 9.90 Å². The van der Waals surface area contributed by atoms with Gasteiger partial charge in [0.25, 0.3) is 0 Å². The summed E-state index contributed by atoms with van der Waals surface area (Å²) in [6.07, 6.45) is 6.85. The summed E-state index contributed by atoms with van der Waals surface area (Å²) in [6.45, 7) is 3.41. The quantitative estimate of drug-likeness (QED) is 0.835. The number of carbonyl (C=O) groups is 1. The third-order valence-corrected chi connectivity index (χ3v) is 4.08. The number of hydrogen-bond donors (Lipinski definition) is 2. The summed E-state index contributed by atoms with van der Waals surface area (Å²) < 4.78 is 0. The second-order valence-corrected chi connectivity index (χ2v) is 5.50. The van der Waals surface area contributed by atoms with E-state index in [0.29, 0.717) is 18.4 Å². The Kier molecular flexibility index (Phi) is 4.95. The van der Waals surface area contributed by atoms with Crippen LogP contribution in [0.4, 0.5) is 5.82 Å². The Hall–Kier alpha value is -1.62. The second kappa shape index (κ2) is 6.70. The third kappa shape index (κ3) is 3.48. The first-order valence-electron chi connectivity index (χ1n) is 7.22. The van der Waals surface area contributed by atoms with Crippen LogP contribution in [0.25, 0.3) is 0 Å². The number of likely N-dealkylation sites (N-methyl/N-ethyl adjacent to an activating group) is 1. The Bertz CT molecular complexity index is 470. The van der Waals surface area contributed by atoms with Gasteiger partial charge in [0.15, 0.2) is 0 Å². The molecular weight excluding hydrogens is 254 g/mol. The molecule has 2 N–H and O–H groups in total. The Balaban J connectivity index is 1.90. The highest BCUT2D eigenvalue weighted by Crippen LogP contribution is 2.22. The lowest BCUT2D eigenvalue weighted by Gasteiger charge is -2.24. The van der Waals surface area contributed by atoms with Crippen molar-refractivity contribution in [3.8, 4) is 0 Å². The summed E-state index contributed by atoms with van der Waals surface area (Å²) in [5, 5.41) is 12.4. The van der Waals surface area contributed by atoms with Crippen LogP contribution in [0.15, 0.2) is 12.3 Å². The maximum atomic E-state index is 11.3. The fourth-order valence-corrected chi connectivity index (χ4v) is 2.84. The fraction of sp³-hybridized carbons (Fsp3) is 0.600. The standard InChI is InChI=1S/C15H23N3O2/c1-11-7-8-16-14(13(11)15(19)20)17-9-10-18(2)12-5-3-4-6-12/h7-8,12H,3-6,9-10H2,1-2H3,(H,16,17)(H,19,20). The molecule has 2 rings (SSSR count). The molecule has 0 aromatic carbocycles. The molecule has 0 bridgehead atoms. The average Bonchev–Trinajstić information content (AvgIpc) is 2.92. The van der Waals surface area contributed by atoms with Crippen LogP contribution in [0.3, 0.4) is 0 Å². The van der Waals surface area contributed by atoms with Gasteiger partial charge >= 0.3 is 5.97 Å². The summed E-state index contributed by atoms with van der Waals surface area (Å²) >= 11 is 0. The van der Waals surface area contributed by atoms with Crippen molar-refractivity contribution in [1.29, 1.82) is 0 Å². The SMILES string of the molecule is Cc1ccnc(NCCN(C)C2CCCC2)c1C(=O)O. The van der Waals surface area contributed by atoms with E-state index in [4.69, 9.17) is 0 Å². The van der Waals surface area contributed by atoms with Crippen LogP contribution in [0.1, 0.15) is 41.6 Å². The predicted molar refractivity (Wildman–Crippen MR) is 79.3 cm³/mol. The monoisotopic (exact) mass is 277 g/mol. The number of carboxylic acids is 1. The van der Waals surface area contributed by atoms with Gasteiger partial charge in [0.2, 0.25) is 0 Å². The van der Waals surface area contributed by atoms with Crippen molar-refractivity contribution in [2.24, 2.45) is 0 Å². The number of aromatic nitrogens is 1. The molecule has 1 aliphatic rings. The number of carboxylic acid groups (broad SMARTS) is 1. The number of pyridine rings is 1. The van der Waals surface area contributed by atoms with E-state index < -0.39 is 5.97 Å². The summed E-state index contributed by atoms with van der Waals surface area (Å²) in [5.41, 5.74) is 1.01. The normalized spacial score (nSPS) is 15.8. The molecule has 110 valence electrons. The summed E-state index contributed by atoms with van der Waals surface area (Å²) in [6, 6.07) is 2.40. The molecule has 0 amide bonds. The highest BCUT2D eigenvalue weighted by Gasteiger charge is 2.19. The molecule has 0 atom stereocenters. The van der Waals surface area contributed by atoms with Gasteiger partial charge in [0.1, 0.15) is 11.4 Å². The Morgan fingerprint density at radius 2 is 2.20 bits per heavy atom. The van der Waals surface area contributed by atoms with Crippen LogP contribution in [-0.4, -0.2) is 47.1 Å². The van der Waals surface area contributed by atoms with Gasteiger partial charge in [-0.25, -0.2) is 9.78 Å². The molecule has 0 saturated heterocycles. The molecule has 1 aromatic rings. The van der Waals surface area contributed by atoms with Gasteiger partial charge < -0.3 is 15.3 Å². The Morgan fingerprint density at radius 1 is 1.50 bits per heavy atom. The van der Waals surface area contributed by atoms with Gasteiger partial charge in [-0.3, -0.25) is 0 Å². The topological polar surface area (TPSA) is 65.5 Å². The lowest BCUT2D eigenvalue weighted by atomic mass is 10.1. The minimum atomic E-state index is -0.928. The van der Waals surface area contributed by atoms with Crippen LogP contribution >= 0.6 is 0 Å². The van der Waals surface area contributed by atoms with Crippen molar-refractivity contribution in [1.82, 2.24) is 9.88 Å². The van der Waals surface area contributed by atoms with E-state index in [2.05, 4.69) is 22.2 Å². The van der Waals surface area contributed by atoms with Crippen LogP contribution in [0.5, 0.6) is 0 Å². The zero-order valence-corrected chi connectivity index (χ0v) is 12.2. The van der Waals surface area contributed by atoms with Crippen LogP contribution in [0.2, 0.25) is 0 Å². The van der Waals surface area contributed by atoms with Crippen LogP contribution < -0.4 is 5.32 Å². The largest absolute Gasteiger partial charge is 0.478 e. The fourth-order valence-electron chi connectivity index (χ4n) is 2.84. The van der Waals surface area contributed by atoms with Gasteiger partial charge in [-0.1, -0.05) is 12.8 Å². The summed E-state index contributed by atoms with van der Waals surface area (Å²) in [4.78, 5) is 17.8. The van der Waals surface area contributed by atoms with Crippen molar-refractivity contribution in [3.63, 3.8) is 0 Å². The van der Waals surface area contributed by atoms with Crippen molar-refractivity contribution in [3.05, 3.63) is 23.4 Å². The van der Waals surface area contributed by atoms with E-state index in [0.717, 1.165) is 12.1 Å². The minimum absolute atomic E-state index is 0.274. The number of anilines is 1. The second-order valence-electron chi connectivity index (χ2n) is 5.50. The van der Waals surface area contributed by atoms with Gasteiger partial charge in [-0.15, -0.1) is 0 Å². The molecule has 5 nitrogen and oxygen atoms in total. The zero-order valence-electron chi connectivity index (χ0n) is 12.2. The van der Waals surface area contributed by atoms with Crippen molar-refractivity contribution >= 4 is 11.8 Å². The van der Waals surface area contributed by atoms with E-state index in [1.54, 1.807) is 19.2 Å². The van der Waals surface area contributed by atoms with E-state index in [1.165, 1.54) is 25.7 Å². The molecule has 1 aromatic heterocycles. The molecule has 0 radical (unpaired) electrons. The molecule has 20 heavy (non-hydrogen) atoms. The number of hydrogen-bond acceptors (Lipinski definition) is 4. The first kappa shape index (κ1) is 14.8. The maximum Gasteiger partial charge on any atom is 0.339 e. The number of aryl methyl sites for hydroxylation is 1. The van der Waals surface area contributed by atoms with Gasteiger partial charge in [-0.2, -0.15) is 0 Å². The highest BCUT2D eigenvalue weighted by atomic mass is 16.4. The molecule has 1 aliphatic carbocycles. The van der Waals surface area contributed by atoms with Gasteiger partial charge in [-0.05, 0) is 38.4 Å². The zero-order chi connectivity index (χ0) is 14.5. The van der Waals surface area contributed by atoms with Gasteiger partial charge in [0, 0.05) is 25.3 Å². The van der Waals surface area contributed by atoms with Crippen molar-refractivity contribution in [2.75, 3.05) is 25.5 Å². The number of aromatic carboxylic acids is 1. The lowest BCUT2D eigenvalue weighted by molar-refractivity contribution is 0.0697. The van der Waals surface area contributed by atoms with Gasteiger partial charge in [0.05, 0.1) is 0 Å². The smallest absolute Gasteiger partial charge is 0.339 e. The molecule has 0 unspecified atom stereocenters. The first-order chi connectivity index (χ1) is 9.59.